The number of carbonyl (C=O) groups is 2. The number of rotatable bonds is 7. The first-order valence-corrected chi connectivity index (χ1v) is 9.85. The summed E-state index contributed by atoms with van der Waals surface area (Å²) < 4.78 is 13.3. The Hall–Kier alpha value is -2.63. The molecular formula is C22H28FN3O2. The van der Waals surface area contributed by atoms with Gasteiger partial charge in [-0.25, -0.2) is 4.39 Å². The average Bonchev–Trinajstić information content (AvgIpc) is 3.28. The van der Waals surface area contributed by atoms with Crippen molar-refractivity contribution >= 4 is 11.8 Å². The van der Waals surface area contributed by atoms with Crippen LogP contribution in [-0.4, -0.2) is 29.4 Å². The monoisotopic (exact) mass is 385 g/mol. The number of carbonyl (C=O) groups excluding carboxylic acids is 2. The Labute approximate surface area is 165 Å². The van der Waals surface area contributed by atoms with E-state index in [0.717, 1.165) is 28.9 Å². The van der Waals surface area contributed by atoms with Crippen LogP contribution in [0.2, 0.25) is 0 Å². The van der Waals surface area contributed by atoms with Crippen LogP contribution in [0.15, 0.2) is 30.3 Å². The number of H-pyrrole nitrogens is 1. The van der Waals surface area contributed by atoms with Crippen LogP contribution in [-0.2, 0) is 21.4 Å². The predicted molar refractivity (Wildman–Crippen MR) is 107 cm³/mol. The molecule has 1 saturated heterocycles. The lowest BCUT2D eigenvalue weighted by molar-refractivity contribution is -0.127. The topological polar surface area (TPSA) is 74.0 Å². The van der Waals surface area contributed by atoms with E-state index in [1.54, 1.807) is 12.1 Å². The molecule has 2 heterocycles. The van der Waals surface area contributed by atoms with Crippen molar-refractivity contribution in [2.24, 2.45) is 0 Å². The summed E-state index contributed by atoms with van der Waals surface area (Å²) in [5, 5.41) is 5.52. The zero-order chi connectivity index (χ0) is 20.3. The lowest BCUT2D eigenvalue weighted by Crippen LogP contribution is -2.40. The SMILES string of the molecule is CCC(C)(C)c1cc(CCC(=O)NC2CCNC2=O)c(-c2ccc(F)cc2)[nH]1. The Kier molecular flexibility index (Phi) is 5.87. The summed E-state index contributed by atoms with van der Waals surface area (Å²) in [6.45, 7) is 7.08. The van der Waals surface area contributed by atoms with Crippen molar-refractivity contribution in [3.8, 4) is 11.3 Å². The highest BCUT2D eigenvalue weighted by Gasteiger charge is 2.26. The maximum absolute atomic E-state index is 13.3. The zero-order valence-electron chi connectivity index (χ0n) is 16.7. The molecule has 1 fully saturated rings. The molecule has 0 saturated carbocycles. The highest BCUT2D eigenvalue weighted by atomic mass is 19.1. The molecule has 0 aliphatic carbocycles. The molecule has 0 bridgehead atoms. The predicted octanol–water partition coefficient (Wildman–Crippen LogP) is 3.45. The number of nitrogens with one attached hydrogen (secondary N) is 3. The third-order valence-corrected chi connectivity index (χ3v) is 5.65. The Morgan fingerprint density at radius 2 is 2.00 bits per heavy atom. The molecule has 1 atom stereocenters. The van der Waals surface area contributed by atoms with Gasteiger partial charge in [0, 0.05) is 29.8 Å². The molecule has 1 aromatic carbocycles. The van der Waals surface area contributed by atoms with Crippen molar-refractivity contribution in [2.45, 2.75) is 57.9 Å². The fraction of sp³-hybridized carbons (Fsp3) is 0.455. The van der Waals surface area contributed by atoms with E-state index in [-0.39, 0.29) is 23.0 Å². The summed E-state index contributed by atoms with van der Waals surface area (Å²) in [6.07, 6.45) is 2.43. The number of hydrogen-bond acceptors (Lipinski definition) is 2. The maximum Gasteiger partial charge on any atom is 0.242 e. The third-order valence-electron chi connectivity index (χ3n) is 5.65. The number of halogens is 1. The second-order valence-electron chi connectivity index (χ2n) is 8.03. The van der Waals surface area contributed by atoms with Crippen LogP contribution in [0.25, 0.3) is 11.3 Å². The highest BCUT2D eigenvalue weighted by molar-refractivity contribution is 5.89. The molecule has 0 spiro atoms. The Morgan fingerprint density at radius 1 is 1.29 bits per heavy atom. The van der Waals surface area contributed by atoms with Gasteiger partial charge >= 0.3 is 0 Å². The fourth-order valence-electron chi connectivity index (χ4n) is 3.37. The summed E-state index contributed by atoms with van der Waals surface area (Å²) in [5.41, 5.74) is 3.90. The summed E-state index contributed by atoms with van der Waals surface area (Å²) in [6, 6.07) is 8.06. The third kappa shape index (κ3) is 4.43. The summed E-state index contributed by atoms with van der Waals surface area (Å²) >= 11 is 0. The average molecular weight is 385 g/mol. The molecule has 1 aromatic heterocycles. The number of hydrogen-bond donors (Lipinski definition) is 3. The lowest BCUT2D eigenvalue weighted by atomic mass is 9.86. The van der Waals surface area contributed by atoms with E-state index in [9.17, 15) is 14.0 Å². The standard InChI is InChI=1S/C22H28FN3O2/c1-4-22(2,3)18-13-15(20(26-18)14-5-8-16(23)9-6-14)7-10-19(27)25-17-11-12-24-21(17)28/h5-6,8-9,13,17,26H,4,7,10-12H2,1-3H3,(H,24,28)(H,25,27). The van der Waals surface area contributed by atoms with Crippen molar-refractivity contribution < 1.29 is 14.0 Å². The first-order chi connectivity index (χ1) is 13.3. The Morgan fingerprint density at radius 3 is 2.61 bits per heavy atom. The second-order valence-corrected chi connectivity index (χ2v) is 8.03. The van der Waals surface area contributed by atoms with Gasteiger partial charge in [-0.1, -0.05) is 20.8 Å². The largest absolute Gasteiger partial charge is 0.358 e. The number of aromatic nitrogens is 1. The molecule has 1 unspecified atom stereocenters. The van der Waals surface area contributed by atoms with Gasteiger partial charge in [-0.05, 0) is 60.7 Å². The summed E-state index contributed by atoms with van der Waals surface area (Å²) in [5.74, 6) is -0.529. The van der Waals surface area contributed by atoms with Crippen LogP contribution in [0.4, 0.5) is 4.39 Å². The van der Waals surface area contributed by atoms with Gasteiger partial charge in [0.25, 0.3) is 0 Å². The van der Waals surface area contributed by atoms with Gasteiger partial charge in [-0.2, -0.15) is 0 Å². The molecule has 5 nitrogen and oxygen atoms in total. The lowest BCUT2D eigenvalue weighted by Gasteiger charge is -2.21. The van der Waals surface area contributed by atoms with Crippen molar-refractivity contribution in [1.82, 2.24) is 15.6 Å². The van der Waals surface area contributed by atoms with Crippen LogP contribution < -0.4 is 10.6 Å². The molecule has 1 aliphatic heterocycles. The quantitative estimate of drug-likeness (QED) is 0.683. The molecule has 6 heteroatoms. The smallest absolute Gasteiger partial charge is 0.242 e. The van der Waals surface area contributed by atoms with E-state index >= 15 is 0 Å². The van der Waals surface area contributed by atoms with Crippen molar-refractivity contribution in [2.75, 3.05) is 6.54 Å². The fourth-order valence-corrected chi connectivity index (χ4v) is 3.37. The molecule has 2 amide bonds. The number of amides is 2. The zero-order valence-corrected chi connectivity index (χ0v) is 16.7. The first kappa shape index (κ1) is 20.1. The minimum atomic E-state index is -0.426. The van der Waals surface area contributed by atoms with Gasteiger partial charge in [0.15, 0.2) is 0 Å². The normalized spacial score (nSPS) is 16.9. The number of aromatic amines is 1. The second kappa shape index (κ2) is 8.17. The van der Waals surface area contributed by atoms with Crippen molar-refractivity contribution in [3.63, 3.8) is 0 Å². The highest BCUT2D eigenvalue weighted by Crippen LogP contribution is 2.32. The molecule has 0 radical (unpaired) electrons. The van der Waals surface area contributed by atoms with Crippen LogP contribution in [0.5, 0.6) is 0 Å². The van der Waals surface area contributed by atoms with Crippen LogP contribution in [0.3, 0.4) is 0 Å². The van der Waals surface area contributed by atoms with E-state index in [1.807, 2.05) is 0 Å². The van der Waals surface area contributed by atoms with E-state index < -0.39 is 6.04 Å². The van der Waals surface area contributed by atoms with Gasteiger partial charge < -0.3 is 15.6 Å². The van der Waals surface area contributed by atoms with Gasteiger partial charge in [0.2, 0.25) is 11.8 Å². The van der Waals surface area contributed by atoms with Gasteiger partial charge in [0.1, 0.15) is 11.9 Å². The number of benzene rings is 1. The van der Waals surface area contributed by atoms with Gasteiger partial charge in [0.05, 0.1) is 0 Å². The maximum atomic E-state index is 13.3. The molecule has 28 heavy (non-hydrogen) atoms. The molecule has 1 aliphatic rings. The Bertz CT molecular complexity index is 855. The first-order valence-electron chi connectivity index (χ1n) is 9.85. The summed E-state index contributed by atoms with van der Waals surface area (Å²) in [7, 11) is 0. The summed E-state index contributed by atoms with van der Waals surface area (Å²) in [4.78, 5) is 27.4. The van der Waals surface area contributed by atoms with Crippen LogP contribution >= 0.6 is 0 Å². The molecular weight excluding hydrogens is 357 g/mol. The molecule has 3 N–H and O–H groups in total. The van der Waals surface area contributed by atoms with Gasteiger partial charge in [-0.15, -0.1) is 0 Å². The van der Waals surface area contributed by atoms with Gasteiger partial charge in [-0.3, -0.25) is 9.59 Å². The van der Waals surface area contributed by atoms with Crippen LogP contribution in [0.1, 0.15) is 51.3 Å². The van der Waals surface area contributed by atoms with E-state index in [4.69, 9.17) is 0 Å². The molecule has 3 rings (SSSR count). The van der Waals surface area contributed by atoms with E-state index in [2.05, 4.69) is 42.5 Å². The molecule has 150 valence electrons. The van der Waals surface area contributed by atoms with Crippen molar-refractivity contribution in [1.29, 1.82) is 0 Å². The van der Waals surface area contributed by atoms with Crippen molar-refractivity contribution in [3.05, 3.63) is 47.4 Å². The van der Waals surface area contributed by atoms with E-state index in [0.29, 0.717) is 25.8 Å². The van der Waals surface area contributed by atoms with Crippen LogP contribution in [0, 0.1) is 5.82 Å². The molecule has 2 aromatic rings. The minimum absolute atomic E-state index is 0.0305. The number of aryl methyl sites for hydroxylation is 1. The Balaban J connectivity index is 1.79. The van der Waals surface area contributed by atoms with E-state index in [1.165, 1.54) is 12.1 Å². The minimum Gasteiger partial charge on any atom is -0.358 e.